The fourth-order valence-electron chi connectivity index (χ4n) is 1.53. The first-order valence-electron chi connectivity index (χ1n) is 4.75. The summed E-state index contributed by atoms with van der Waals surface area (Å²) in [5.74, 6) is 0. The second kappa shape index (κ2) is 5.00. The molecule has 1 aromatic carbocycles. The lowest BCUT2D eigenvalue weighted by atomic mass is 10.0. The number of benzene rings is 1. The molecule has 1 aromatic heterocycles. The number of hydrogen-bond donors (Lipinski definition) is 1. The van der Waals surface area contributed by atoms with Crippen LogP contribution in [0.5, 0.6) is 0 Å². The number of aliphatic hydroxyl groups excluding tert-OH is 1. The lowest BCUT2D eigenvalue weighted by Crippen LogP contribution is -2.00. The van der Waals surface area contributed by atoms with E-state index in [1.807, 2.05) is 35.9 Å². The van der Waals surface area contributed by atoms with Crippen LogP contribution in [0.15, 0.2) is 37.9 Å². The van der Waals surface area contributed by atoms with E-state index in [0.717, 1.165) is 25.6 Å². The maximum Gasteiger partial charge on any atom is 0.107 e. The number of halogens is 2. The summed E-state index contributed by atoms with van der Waals surface area (Å²) in [5.41, 5.74) is 2.96. The van der Waals surface area contributed by atoms with Gasteiger partial charge in [0.1, 0.15) is 6.10 Å². The summed E-state index contributed by atoms with van der Waals surface area (Å²) >= 11 is 8.49. The summed E-state index contributed by atoms with van der Waals surface area (Å²) in [6, 6.07) is 5.98. The third kappa shape index (κ3) is 2.40. The van der Waals surface area contributed by atoms with Crippen LogP contribution in [-0.4, -0.2) is 5.11 Å². The highest BCUT2D eigenvalue weighted by Gasteiger charge is 2.17. The molecule has 4 heteroatoms. The molecule has 16 heavy (non-hydrogen) atoms. The van der Waals surface area contributed by atoms with Crippen molar-refractivity contribution >= 4 is 43.2 Å². The molecule has 0 bridgehead atoms. The van der Waals surface area contributed by atoms with E-state index in [0.29, 0.717) is 0 Å². The Kier molecular flexibility index (Phi) is 3.85. The summed E-state index contributed by atoms with van der Waals surface area (Å²) in [6.07, 6.45) is -0.588. The van der Waals surface area contributed by atoms with E-state index in [2.05, 4.69) is 31.9 Å². The Hall–Kier alpha value is -0.160. The molecule has 0 aliphatic carbocycles. The molecule has 2 rings (SSSR count). The first-order chi connectivity index (χ1) is 7.59. The van der Waals surface area contributed by atoms with E-state index in [1.165, 1.54) is 0 Å². The second-order valence-electron chi connectivity index (χ2n) is 3.60. The van der Waals surface area contributed by atoms with Crippen LogP contribution in [0.2, 0.25) is 0 Å². The SMILES string of the molecule is Cc1ccc(Br)c(C(O)c2cscc2Br)c1. The van der Waals surface area contributed by atoms with Crippen molar-refractivity contribution < 1.29 is 5.11 Å². The lowest BCUT2D eigenvalue weighted by molar-refractivity contribution is 0.219. The summed E-state index contributed by atoms with van der Waals surface area (Å²) in [6.45, 7) is 2.02. The number of aliphatic hydroxyl groups is 1. The molecule has 84 valence electrons. The first-order valence-corrected chi connectivity index (χ1v) is 7.28. The Bertz CT molecular complexity index is 507. The number of hydrogen-bond acceptors (Lipinski definition) is 2. The maximum atomic E-state index is 10.3. The van der Waals surface area contributed by atoms with Gasteiger partial charge in [0.25, 0.3) is 0 Å². The average Bonchev–Trinajstić information content (AvgIpc) is 2.67. The zero-order chi connectivity index (χ0) is 11.7. The van der Waals surface area contributed by atoms with Gasteiger partial charge in [0.2, 0.25) is 0 Å². The normalized spacial score (nSPS) is 12.8. The van der Waals surface area contributed by atoms with Crippen molar-refractivity contribution in [2.45, 2.75) is 13.0 Å². The Morgan fingerprint density at radius 2 is 1.88 bits per heavy atom. The van der Waals surface area contributed by atoms with Gasteiger partial charge in [0, 0.05) is 19.9 Å². The molecular formula is C12H10Br2OS. The van der Waals surface area contributed by atoms with Crippen molar-refractivity contribution in [1.82, 2.24) is 0 Å². The van der Waals surface area contributed by atoms with Crippen LogP contribution in [-0.2, 0) is 0 Å². The number of rotatable bonds is 2. The highest BCUT2D eigenvalue weighted by atomic mass is 79.9. The first kappa shape index (κ1) is 12.3. The Morgan fingerprint density at radius 1 is 1.12 bits per heavy atom. The minimum absolute atomic E-state index is 0.588. The minimum Gasteiger partial charge on any atom is -0.384 e. The smallest absolute Gasteiger partial charge is 0.107 e. The molecule has 2 aromatic rings. The Balaban J connectivity index is 2.45. The van der Waals surface area contributed by atoms with Gasteiger partial charge in [-0.2, -0.15) is 11.3 Å². The molecular weight excluding hydrogens is 352 g/mol. The second-order valence-corrected chi connectivity index (χ2v) is 6.05. The zero-order valence-electron chi connectivity index (χ0n) is 8.58. The van der Waals surface area contributed by atoms with Gasteiger partial charge in [-0.15, -0.1) is 0 Å². The van der Waals surface area contributed by atoms with Crippen LogP contribution in [0.3, 0.4) is 0 Å². The minimum atomic E-state index is -0.588. The van der Waals surface area contributed by atoms with Crippen molar-refractivity contribution in [3.05, 3.63) is 54.6 Å². The molecule has 0 saturated heterocycles. The highest BCUT2D eigenvalue weighted by molar-refractivity contribution is 9.10. The number of thiophene rings is 1. The van der Waals surface area contributed by atoms with E-state index in [9.17, 15) is 5.11 Å². The fraction of sp³-hybridized carbons (Fsp3) is 0.167. The van der Waals surface area contributed by atoms with E-state index >= 15 is 0 Å². The van der Waals surface area contributed by atoms with Gasteiger partial charge in [0.05, 0.1) is 0 Å². The molecule has 1 N–H and O–H groups in total. The van der Waals surface area contributed by atoms with Crippen molar-refractivity contribution in [1.29, 1.82) is 0 Å². The van der Waals surface area contributed by atoms with Crippen molar-refractivity contribution in [2.75, 3.05) is 0 Å². The monoisotopic (exact) mass is 360 g/mol. The summed E-state index contributed by atoms with van der Waals surface area (Å²) in [7, 11) is 0. The third-order valence-corrected chi connectivity index (χ3v) is 4.86. The van der Waals surface area contributed by atoms with Crippen molar-refractivity contribution in [2.24, 2.45) is 0 Å². The molecule has 1 atom stereocenters. The van der Waals surface area contributed by atoms with Gasteiger partial charge in [-0.05, 0) is 39.9 Å². The van der Waals surface area contributed by atoms with Crippen LogP contribution in [0.1, 0.15) is 22.8 Å². The van der Waals surface area contributed by atoms with E-state index in [-0.39, 0.29) is 0 Å². The molecule has 0 fully saturated rings. The molecule has 0 radical (unpaired) electrons. The Morgan fingerprint density at radius 3 is 2.50 bits per heavy atom. The molecule has 0 saturated carbocycles. The fourth-order valence-corrected chi connectivity index (χ4v) is 3.52. The standard InChI is InChI=1S/C12H10Br2OS/c1-7-2-3-10(13)8(4-7)12(15)9-5-16-6-11(9)14/h2-6,12,15H,1H3. The molecule has 0 amide bonds. The largest absolute Gasteiger partial charge is 0.384 e. The van der Waals surface area contributed by atoms with Gasteiger partial charge in [-0.3, -0.25) is 0 Å². The quantitative estimate of drug-likeness (QED) is 0.824. The van der Waals surface area contributed by atoms with Crippen molar-refractivity contribution in [3.8, 4) is 0 Å². The molecule has 1 heterocycles. The van der Waals surface area contributed by atoms with Crippen LogP contribution in [0.25, 0.3) is 0 Å². The van der Waals surface area contributed by atoms with E-state index in [4.69, 9.17) is 0 Å². The van der Waals surface area contributed by atoms with E-state index < -0.39 is 6.10 Å². The topological polar surface area (TPSA) is 20.2 Å². The molecule has 1 unspecified atom stereocenters. The average molecular weight is 362 g/mol. The maximum absolute atomic E-state index is 10.3. The zero-order valence-corrected chi connectivity index (χ0v) is 12.6. The van der Waals surface area contributed by atoms with Crippen LogP contribution in [0.4, 0.5) is 0 Å². The van der Waals surface area contributed by atoms with Crippen LogP contribution < -0.4 is 0 Å². The summed E-state index contributed by atoms with van der Waals surface area (Å²) in [5, 5.41) is 14.2. The number of aryl methyl sites for hydroxylation is 1. The van der Waals surface area contributed by atoms with Crippen LogP contribution >= 0.6 is 43.2 Å². The molecule has 0 spiro atoms. The molecule has 1 nitrogen and oxygen atoms in total. The van der Waals surface area contributed by atoms with Gasteiger partial charge in [0.15, 0.2) is 0 Å². The third-order valence-electron chi connectivity index (χ3n) is 2.38. The predicted octanol–water partition coefficient (Wildman–Crippen LogP) is 4.66. The molecule has 0 aliphatic rings. The highest BCUT2D eigenvalue weighted by Crippen LogP contribution is 2.34. The van der Waals surface area contributed by atoms with Gasteiger partial charge in [-0.25, -0.2) is 0 Å². The Labute approximate surface area is 115 Å². The summed E-state index contributed by atoms with van der Waals surface area (Å²) in [4.78, 5) is 0. The van der Waals surface area contributed by atoms with Gasteiger partial charge >= 0.3 is 0 Å². The lowest BCUT2D eigenvalue weighted by Gasteiger charge is -2.13. The predicted molar refractivity (Wildman–Crippen MR) is 75.0 cm³/mol. The van der Waals surface area contributed by atoms with Gasteiger partial charge in [-0.1, -0.05) is 33.6 Å². The molecule has 0 aliphatic heterocycles. The van der Waals surface area contributed by atoms with E-state index in [1.54, 1.807) is 11.3 Å². The van der Waals surface area contributed by atoms with Gasteiger partial charge < -0.3 is 5.11 Å². The summed E-state index contributed by atoms with van der Waals surface area (Å²) < 4.78 is 1.89. The van der Waals surface area contributed by atoms with Crippen LogP contribution in [0, 0.1) is 6.92 Å². The van der Waals surface area contributed by atoms with Crippen molar-refractivity contribution in [3.63, 3.8) is 0 Å².